The highest BCUT2D eigenvalue weighted by Gasteiger charge is 2.24. The molecule has 5 heteroatoms. The fourth-order valence-corrected chi connectivity index (χ4v) is 3.80. The molecule has 0 aromatic carbocycles. The lowest BCUT2D eigenvalue weighted by Gasteiger charge is -2.27. The number of nitrogens with zero attached hydrogens (tertiary/aromatic N) is 3. The fraction of sp³-hybridized carbons (Fsp3) is 0.647. The second-order valence-corrected chi connectivity index (χ2v) is 6.50. The summed E-state index contributed by atoms with van der Waals surface area (Å²) in [6, 6.07) is 4.55. The Morgan fingerprint density at radius 2 is 2.18 bits per heavy atom. The molecule has 5 nitrogen and oxygen atoms in total. The van der Waals surface area contributed by atoms with Gasteiger partial charge in [-0.25, -0.2) is 9.97 Å². The van der Waals surface area contributed by atoms with Crippen molar-refractivity contribution in [3.63, 3.8) is 0 Å². The minimum atomic E-state index is 0.486. The van der Waals surface area contributed by atoms with Crippen LogP contribution in [0.3, 0.4) is 0 Å². The van der Waals surface area contributed by atoms with Crippen LogP contribution in [0.15, 0.2) is 18.3 Å². The predicted octanol–water partition coefficient (Wildman–Crippen LogP) is 2.32. The largest absolute Gasteiger partial charge is 0.381 e. The van der Waals surface area contributed by atoms with Crippen molar-refractivity contribution in [1.29, 1.82) is 0 Å². The Hall–Kier alpha value is -1.46. The second-order valence-electron chi connectivity index (χ2n) is 6.50. The molecule has 0 spiro atoms. The van der Waals surface area contributed by atoms with Crippen molar-refractivity contribution < 1.29 is 4.74 Å². The quantitative estimate of drug-likeness (QED) is 0.945. The van der Waals surface area contributed by atoms with Gasteiger partial charge in [0.15, 0.2) is 5.65 Å². The molecule has 1 unspecified atom stereocenters. The highest BCUT2D eigenvalue weighted by Crippen LogP contribution is 2.28. The van der Waals surface area contributed by atoms with Gasteiger partial charge in [-0.3, -0.25) is 0 Å². The van der Waals surface area contributed by atoms with E-state index in [9.17, 15) is 0 Å². The average molecular weight is 300 g/mol. The van der Waals surface area contributed by atoms with Gasteiger partial charge in [-0.15, -0.1) is 0 Å². The highest BCUT2D eigenvalue weighted by atomic mass is 16.5. The standard InChI is InChI=1S/C17H24N4O/c1-3-13(12-18-7-1)11-16-20-15-4-2-8-19-17(15)21(16)14-5-9-22-10-6-14/h2,4,8,13-14,18H,1,3,5-7,9-12H2. The summed E-state index contributed by atoms with van der Waals surface area (Å²) in [5, 5.41) is 3.52. The van der Waals surface area contributed by atoms with Gasteiger partial charge >= 0.3 is 0 Å². The molecule has 0 amide bonds. The molecule has 22 heavy (non-hydrogen) atoms. The van der Waals surface area contributed by atoms with Gasteiger partial charge in [-0.05, 0) is 56.8 Å². The van der Waals surface area contributed by atoms with E-state index in [1.54, 1.807) is 0 Å². The molecular weight excluding hydrogens is 276 g/mol. The molecule has 4 rings (SSSR count). The number of ether oxygens (including phenoxy) is 1. The third kappa shape index (κ3) is 2.75. The molecule has 1 atom stereocenters. The van der Waals surface area contributed by atoms with Crippen molar-refractivity contribution in [3.8, 4) is 0 Å². The van der Waals surface area contributed by atoms with Gasteiger partial charge in [0, 0.05) is 31.9 Å². The van der Waals surface area contributed by atoms with Gasteiger partial charge in [0.1, 0.15) is 11.3 Å². The van der Waals surface area contributed by atoms with E-state index >= 15 is 0 Å². The number of hydrogen-bond acceptors (Lipinski definition) is 4. The van der Waals surface area contributed by atoms with Crippen molar-refractivity contribution in [1.82, 2.24) is 19.9 Å². The lowest BCUT2D eigenvalue weighted by molar-refractivity contribution is 0.0695. The first-order valence-electron chi connectivity index (χ1n) is 8.52. The van der Waals surface area contributed by atoms with E-state index in [-0.39, 0.29) is 0 Å². The second kappa shape index (κ2) is 6.34. The first-order chi connectivity index (χ1) is 10.9. The number of rotatable bonds is 3. The summed E-state index contributed by atoms with van der Waals surface area (Å²) in [5.74, 6) is 1.92. The van der Waals surface area contributed by atoms with Crippen LogP contribution in [0, 0.1) is 5.92 Å². The Labute approximate surface area is 131 Å². The highest BCUT2D eigenvalue weighted by molar-refractivity contribution is 5.71. The van der Waals surface area contributed by atoms with E-state index in [0.29, 0.717) is 12.0 Å². The van der Waals surface area contributed by atoms with Crippen molar-refractivity contribution in [2.45, 2.75) is 38.1 Å². The minimum absolute atomic E-state index is 0.486. The van der Waals surface area contributed by atoms with Crippen LogP contribution in [0.2, 0.25) is 0 Å². The van der Waals surface area contributed by atoms with Crippen LogP contribution >= 0.6 is 0 Å². The van der Waals surface area contributed by atoms with E-state index in [4.69, 9.17) is 9.72 Å². The number of nitrogens with one attached hydrogen (secondary N) is 1. The molecule has 0 saturated carbocycles. The Morgan fingerprint density at radius 3 is 3.00 bits per heavy atom. The van der Waals surface area contributed by atoms with E-state index < -0.39 is 0 Å². The maximum Gasteiger partial charge on any atom is 0.160 e. The predicted molar refractivity (Wildman–Crippen MR) is 85.9 cm³/mol. The third-order valence-electron chi connectivity index (χ3n) is 4.95. The normalized spacial score (nSPS) is 23.9. The van der Waals surface area contributed by atoms with E-state index in [0.717, 1.165) is 56.7 Å². The molecule has 0 bridgehead atoms. The molecule has 1 N–H and O–H groups in total. The smallest absolute Gasteiger partial charge is 0.160 e. The summed E-state index contributed by atoms with van der Waals surface area (Å²) in [6.45, 7) is 3.97. The molecule has 4 heterocycles. The Bertz CT molecular complexity index is 627. The third-order valence-corrected chi connectivity index (χ3v) is 4.95. The number of aromatic nitrogens is 3. The molecule has 2 aliphatic rings. The van der Waals surface area contributed by atoms with Crippen LogP contribution in [0.4, 0.5) is 0 Å². The molecule has 118 valence electrons. The SMILES string of the molecule is c1cnc2c(c1)nc(CC1CCCNC1)n2C1CCOCC1. The van der Waals surface area contributed by atoms with Crippen molar-refractivity contribution in [3.05, 3.63) is 24.2 Å². The zero-order valence-electron chi connectivity index (χ0n) is 13.0. The van der Waals surface area contributed by atoms with Gasteiger partial charge < -0.3 is 14.6 Å². The van der Waals surface area contributed by atoms with Gasteiger partial charge in [0.2, 0.25) is 0 Å². The summed E-state index contributed by atoms with van der Waals surface area (Å²) < 4.78 is 7.94. The summed E-state index contributed by atoms with van der Waals surface area (Å²) in [4.78, 5) is 9.53. The summed E-state index contributed by atoms with van der Waals surface area (Å²) in [7, 11) is 0. The minimum Gasteiger partial charge on any atom is -0.381 e. The van der Waals surface area contributed by atoms with Gasteiger partial charge in [0.25, 0.3) is 0 Å². The Morgan fingerprint density at radius 1 is 1.27 bits per heavy atom. The number of imidazole rings is 1. The van der Waals surface area contributed by atoms with Crippen molar-refractivity contribution >= 4 is 11.2 Å². The molecule has 2 saturated heterocycles. The average Bonchev–Trinajstić information content (AvgIpc) is 2.94. The molecule has 2 aliphatic heterocycles. The zero-order valence-corrected chi connectivity index (χ0v) is 13.0. The monoisotopic (exact) mass is 300 g/mol. The number of hydrogen-bond donors (Lipinski definition) is 1. The van der Waals surface area contributed by atoms with Crippen LogP contribution in [0.1, 0.15) is 37.5 Å². The van der Waals surface area contributed by atoms with Gasteiger partial charge in [-0.2, -0.15) is 0 Å². The van der Waals surface area contributed by atoms with Crippen LogP contribution in [-0.4, -0.2) is 40.8 Å². The molecule has 2 aromatic rings. The zero-order chi connectivity index (χ0) is 14.8. The number of fused-ring (bicyclic) bond motifs is 1. The Balaban J connectivity index is 1.68. The van der Waals surface area contributed by atoms with E-state index in [2.05, 4.69) is 20.9 Å². The van der Waals surface area contributed by atoms with Crippen molar-refractivity contribution in [2.75, 3.05) is 26.3 Å². The summed E-state index contributed by atoms with van der Waals surface area (Å²) in [5.41, 5.74) is 2.08. The van der Waals surface area contributed by atoms with Crippen LogP contribution in [0.5, 0.6) is 0 Å². The fourth-order valence-electron chi connectivity index (χ4n) is 3.80. The number of pyridine rings is 1. The number of piperidine rings is 1. The lowest BCUT2D eigenvalue weighted by atomic mass is 9.95. The van der Waals surface area contributed by atoms with E-state index in [1.165, 1.54) is 18.7 Å². The Kier molecular flexibility index (Phi) is 4.08. The summed E-state index contributed by atoms with van der Waals surface area (Å²) >= 11 is 0. The summed E-state index contributed by atoms with van der Waals surface area (Å²) in [6.07, 6.45) is 7.65. The van der Waals surface area contributed by atoms with Crippen molar-refractivity contribution in [2.24, 2.45) is 5.92 Å². The van der Waals surface area contributed by atoms with Gasteiger partial charge in [0.05, 0.1) is 0 Å². The molecule has 0 aliphatic carbocycles. The maximum absolute atomic E-state index is 5.54. The van der Waals surface area contributed by atoms with E-state index in [1.807, 2.05) is 12.3 Å². The van der Waals surface area contributed by atoms with Crippen LogP contribution in [-0.2, 0) is 11.2 Å². The topological polar surface area (TPSA) is 52.0 Å². The first-order valence-corrected chi connectivity index (χ1v) is 8.52. The lowest BCUT2D eigenvalue weighted by Crippen LogP contribution is -2.32. The molecule has 0 radical (unpaired) electrons. The van der Waals surface area contributed by atoms with Gasteiger partial charge in [-0.1, -0.05) is 0 Å². The van der Waals surface area contributed by atoms with Crippen LogP contribution < -0.4 is 5.32 Å². The van der Waals surface area contributed by atoms with Crippen LogP contribution in [0.25, 0.3) is 11.2 Å². The molecule has 2 fully saturated rings. The first kappa shape index (κ1) is 14.2. The maximum atomic E-state index is 5.54. The molecule has 2 aromatic heterocycles. The molecular formula is C17H24N4O.